The number of benzene rings is 3. The molecule has 1 saturated heterocycles. The van der Waals surface area contributed by atoms with E-state index in [4.69, 9.17) is 11.6 Å². The van der Waals surface area contributed by atoms with Crippen LogP contribution >= 0.6 is 11.6 Å². The van der Waals surface area contributed by atoms with Crippen LogP contribution in [0.15, 0.2) is 77.7 Å². The van der Waals surface area contributed by atoms with E-state index in [9.17, 15) is 26.4 Å². The molecule has 0 aliphatic carbocycles. The van der Waals surface area contributed by atoms with Crippen LogP contribution in [0, 0.1) is 5.92 Å². The predicted octanol–water partition coefficient (Wildman–Crippen LogP) is 6.11. The molecular formula is C28H29ClF3N3O3S. The van der Waals surface area contributed by atoms with E-state index in [0.29, 0.717) is 16.3 Å². The fourth-order valence-electron chi connectivity index (χ4n) is 4.53. The molecule has 39 heavy (non-hydrogen) atoms. The van der Waals surface area contributed by atoms with Crippen LogP contribution in [0.25, 0.3) is 0 Å². The van der Waals surface area contributed by atoms with Gasteiger partial charge < -0.3 is 10.2 Å². The number of nitrogens with zero attached hydrogens (tertiary/aromatic N) is 2. The molecule has 3 aromatic rings. The number of rotatable bonds is 8. The first kappa shape index (κ1) is 28.8. The number of carbonyl (C=O) groups is 1. The van der Waals surface area contributed by atoms with Crippen molar-refractivity contribution in [1.29, 1.82) is 0 Å². The predicted molar refractivity (Wildman–Crippen MR) is 146 cm³/mol. The molecule has 0 saturated carbocycles. The van der Waals surface area contributed by atoms with Gasteiger partial charge in [-0.2, -0.15) is 13.2 Å². The zero-order valence-corrected chi connectivity index (χ0v) is 22.9. The van der Waals surface area contributed by atoms with Crippen molar-refractivity contribution in [3.63, 3.8) is 0 Å². The van der Waals surface area contributed by atoms with Gasteiger partial charge in [0.15, 0.2) is 0 Å². The smallest absolute Gasteiger partial charge is 0.371 e. The van der Waals surface area contributed by atoms with Crippen LogP contribution in [0.5, 0.6) is 0 Å². The highest BCUT2D eigenvalue weighted by molar-refractivity contribution is 7.92. The Bertz CT molecular complexity index is 1400. The minimum Gasteiger partial charge on any atom is -0.371 e. The maximum atomic E-state index is 13.5. The topological polar surface area (TPSA) is 69.7 Å². The van der Waals surface area contributed by atoms with E-state index >= 15 is 0 Å². The second kappa shape index (κ2) is 11.9. The second-order valence-corrected chi connectivity index (χ2v) is 11.9. The van der Waals surface area contributed by atoms with Crippen molar-refractivity contribution in [3.8, 4) is 0 Å². The first-order chi connectivity index (χ1) is 18.4. The van der Waals surface area contributed by atoms with Crippen molar-refractivity contribution in [1.82, 2.24) is 5.32 Å². The number of hydrogen-bond donors (Lipinski definition) is 1. The molecule has 1 aliphatic heterocycles. The molecule has 1 heterocycles. The molecule has 1 aliphatic rings. The standard InChI is InChI=1S/C28H29ClF3N3O3S/c1-20-6-5-15-34(18-20)23-12-9-21(10-13-23)17-33-27(36)19-35(39(37,38)24-7-3-2-4-8-24)26-16-22(28(30,31)32)11-14-25(26)29/h2-4,7-14,16,20H,5-6,15,17-19H2,1H3,(H,33,36). The van der Waals surface area contributed by atoms with Gasteiger partial charge in [0.05, 0.1) is 21.2 Å². The van der Waals surface area contributed by atoms with E-state index in [1.165, 1.54) is 30.7 Å². The van der Waals surface area contributed by atoms with E-state index in [1.807, 2.05) is 24.3 Å². The summed E-state index contributed by atoms with van der Waals surface area (Å²) in [6, 6.07) is 17.2. The Morgan fingerprint density at radius 3 is 2.41 bits per heavy atom. The van der Waals surface area contributed by atoms with E-state index in [-0.39, 0.29) is 16.5 Å². The molecule has 1 fully saturated rings. The number of alkyl halides is 3. The van der Waals surface area contributed by atoms with Crippen LogP contribution in [0.2, 0.25) is 5.02 Å². The number of piperidine rings is 1. The Labute approximate surface area is 231 Å². The molecule has 0 spiro atoms. The van der Waals surface area contributed by atoms with Gasteiger partial charge in [-0.25, -0.2) is 8.42 Å². The summed E-state index contributed by atoms with van der Waals surface area (Å²) in [6.45, 7) is 3.56. The first-order valence-electron chi connectivity index (χ1n) is 12.5. The highest BCUT2D eigenvalue weighted by Crippen LogP contribution is 2.37. The van der Waals surface area contributed by atoms with Crippen LogP contribution in [0.1, 0.15) is 30.9 Å². The quantitative estimate of drug-likeness (QED) is 0.350. The van der Waals surface area contributed by atoms with Gasteiger partial charge in [-0.15, -0.1) is 0 Å². The third-order valence-electron chi connectivity index (χ3n) is 6.61. The molecule has 1 N–H and O–H groups in total. The van der Waals surface area contributed by atoms with Gasteiger partial charge in [-0.3, -0.25) is 9.10 Å². The van der Waals surface area contributed by atoms with Gasteiger partial charge in [-0.1, -0.05) is 48.9 Å². The van der Waals surface area contributed by atoms with Gasteiger partial charge in [-0.05, 0) is 66.8 Å². The summed E-state index contributed by atoms with van der Waals surface area (Å²) < 4.78 is 67.8. The van der Waals surface area contributed by atoms with Gasteiger partial charge >= 0.3 is 6.18 Å². The van der Waals surface area contributed by atoms with Crippen LogP contribution in [-0.4, -0.2) is 34.0 Å². The third-order valence-corrected chi connectivity index (χ3v) is 8.70. The first-order valence-corrected chi connectivity index (χ1v) is 14.3. The highest BCUT2D eigenvalue weighted by atomic mass is 35.5. The molecule has 6 nitrogen and oxygen atoms in total. The van der Waals surface area contributed by atoms with Crippen molar-refractivity contribution in [3.05, 3.63) is 88.9 Å². The summed E-state index contributed by atoms with van der Waals surface area (Å²) in [5.74, 6) is -0.0740. The Morgan fingerprint density at radius 2 is 1.77 bits per heavy atom. The van der Waals surface area contributed by atoms with Gasteiger partial charge in [0, 0.05) is 25.3 Å². The van der Waals surface area contributed by atoms with Crippen molar-refractivity contribution < 1.29 is 26.4 Å². The lowest BCUT2D eigenvalue weighted by Gasteiger charge is -2.32. The van der Waals surface area contributed by atoms with Crippen molar-refractivity contribution in [2.24, 2.45) is 5.92 Å². The monoisotopic (exact) mass is 579 g/mol. The largest absolute Gasteiger partial charge is 0.416 e. The van der Waals surface area contributed by atoms with Crippen molar-refractivity contribution in [2.45, 2.75) is 37.4 Å². The summed E-state index contributed by atoms with van der Waals surface area (Å²) in [4.78, 5) is 15.1. The number of amides is 1. The lowest BCUT2D eigenvalue weighted by Crippen LogP contribution is -2.41. The highest BCUT2D eigenvalue weighted by Gasteiger charge is 2.34. The van der Waals surface area contributed by atoms with Gasteiger partial charge in [0.25, 0.3) is 10.0 Å². The summed E-state index contributed by atoms with van der Waals surface area (Å²) in [7, 11) is -4.42. The van der Waals surface area contributed by atoms with Gasteiger partial charge in [0.1, 0.15) is 6.54 Å². The summed E-state index contributed by atoms with van der Waals surface area (Å²) in [5.41, 5.74) is 0.368. The zero-order chi connectivity index (χ0) is 28.2. The summed E-state index contributed by atoms with van der Waals surface area (Å²) in [5, 5.41) is 2.43. The number of sulfonamides is 1. The molecule has 0 radical (unpaired) electrons. The molecule has 3 aromatic carbocycles. The number of nitrogens with one attached hydrogen (secondary N) is 1. The molecule has 1 unspecified atom stereocenters. The van der Waals surface area contributed by atoms with E-state index < -0.39 is 39.9 Å². The van der Waals surface area contributed by atoms with Crippen LogP contribution in [0.4, 0.5) is 24.5 Å². The molecule has 0 aromatic heterocycles. The number of hydrogen-bond acceptors (Lipinski definition) is 4. The summed E-state index contributed by atoms with van der Waals surface area (Å²) >= 11 is 6.17. The van der Waals surface area contributed by atoms with E-state index in [1.54, 1.807) is 6.07 Å². The van der Waals surface area contributed by atoms with Crippen molar-refractivity contribution in [2.75, 3.05) is 28.8 Å². The van der Waals surface area contributed by atoms with Crippen LogP contribution in [-0.2, 0) is 27.5 Å². The van der Waals surface area contributed by atoms with Crippen LogP contribution < -0.4 is 14.5 Å². The minimum atomic E-state index is -4.73. The lowest BCUT2D eigenvalue weighted by molar-refractivity contribution is -0.137. The molecule has 1 atom stereocenters. The normalized spacial score (nSPS) is 16.1. The number of halogens is 4. The molecule has 1 amide bonds. The summed E-state index contributed by atoms with van der Waals surface area (Å²) in [6.07, 6.45) is -2.39. The molecule has 4 rings (SSSR count). The molecule has 11 heteroatoms. The number of carbonyl (C=O) groups excluding carboxylic acids is 1. The van der Waals surface area contributed by atoms with E-state index in [0.717, 1.165) is 42.9 Å². The van der Waals surface area contributed by atoms with Crippen molar-refractivity contribution >= 4 is 38.9 Å². The Morgan fingerprint density at radius 1 is 1.08 bits per heavy atom. The zero-order valence-electron chi connectivity index (χ0n) is 21.3. The Balaban J connectivity index is 1.53. The SMILES string of the molecule is CC1CCCN(c2ccc(CNC(=O)CN(c3cc(C(F)(F)F)ccc3Cl)S(=O)(=O)c3ccccc3)cc2)C1. The second-order valence-electron chi connectivity index (χ2n) is 9.63. The van der Waals surface area contributed by atoms with Gasteiger partial charge in [0.2, 0.25) is 5.91 Å². The average Bonchev–Trinajstić information content (AvgIpc) is 2.91. The Kier molecular flexibility index (Phi) is 8.76. The minimum absolute atomic E-state index is 0.116. The fourth-order valence-corrected chi connectivity index (χ4v) is 6.26. The average molecular weight is 580 g/mol. The maximum Gasteiger partial charge on any atom is 0.416 e. The molecular weight excluding hydrogens is 551 g/mol. The third kappa shape index (κ3) is 7.05. The molecule has 0 bridgehead atoms. The van der Waals surface area contributed by atoms with Crippen LogP contribution in [0.3, 0.4) is 0 Å². The Hall–Kier alpha value is -3.24. The molecule has 208 valence electrons. The fraction of sp³-hybridized carbons (Fsp3) is 0.321. The number of anilines is 2. The lowest BCUT2D eigenvalue weighted by atomic mass is 9.99. The van der Waals surface area contributed by atoms with E-state index in [2.05, 4.69) is 17.1 Å². The maximum absolute atomic E-state index is 13.5.